The zero-order chi connectivity index (χ0) is 23.1. The van der Waals surface area contributed by atoms with Crippen molar-refractivity contribution in [2.75, 3.05) is 13.7 Å². The number of benzene rings is 2. The largest absolute Gasteiger partial charge is 0.494 e. The van der Waals surface area contributed by atoms with Gasteiger partial charge in [-0.15, -0.1) is 0 Å². The number of methoxy groups -OCH3 is 1. The number of aryl methyl sites for hydroxylation is 2. The van der Waals surface area contributed by atoms with Crippen molar-refractivity contribution in [2.24, 2.45) is 0 Å². The Morgan fingerprint density at radius 1 is 1.18 bits per heavy atom. The fourth-order valence-electron chi connectivity index (χ4n) is 3.90. The number of carbonyl (C=O) groups excluding carboxylic acids is 1. The summed E-state index contributed by atoms with van der Waals surface area (Å²) in [6, 6.07) is 8.82. The molecule has 168 valence electrons. The first-order chi connectivity index (χ1) is 16.0. The summed E-state index contributed by atoms with van der Waals surface area (Å²) in [5.74, 6) is 1.06. The Morgan fingerprint density at radius 3 is 2.64 bits per heavy atom. The van der Waals surface area contributed by atoms with Gasteiger partial charge in [-0.1, -0.05) is 22.8 Å². The maximum atomic E-state index is 13.5. The van der Waals surface area contributed by atoms with Gasteiger partial charge in [-0.2, -0.15) is 20.0 Å². The summed E-state index contributed by atoms with van der Waals surface area (Å²) in [6.45, 7) is 4.56. The van der Waals surface area contributed by atoms with E-state index in [1.165, 1.54) is 11.9 Å². The van der Waals surface area contributed by atoms with Crippen molar-refractivity contribution in [1.82, 2.24) is 30.0 Å². The van der Waals surface area contributed by atoms with Crippen molar-refractivity contribution in [3.8, 4) is 22.9 Å². The Bertz CT molecular complexity index is 1330. The minimum Gasteiger partial charge on any atom is -0.494 e. The van der Waals surface area contributed by atoms with E-state index in [1.807, 2.05) is 26.0 Å². The Labute approximate surface area is 194 Å². The molecule has 0 radical (unpaired) electrons. The zero-order valence-corrected chi connectivity index (χ0v) is 19.1. The third-order valence-corrected chi connectivity index (χ3v) is 6.20. The van der Waals surface area contributed by atoms with Crippen LogP contribution in [-0.4, -0.2) is 49.6 Å². The first-order valence-electron chi connectivity index (χ1n) is 10.4. The minimum atomic E-state index is -0.291. The van der Waals surface area contributed by atoms with E-state index < -0.39 is 0 Å². The number of likely N-dealkylation sites (tertiary alicyclic amines) is 1. The highest BCUT2D eigenvalue weighted by Crippen LogP contribution is 2.38. The summed E-state index contributed by atoms with van der Waals surface area (Å²) < 4.78 is 10.9. The summed E-state index contributed by atoms with van der Waals surface area (Å²) in [7, 11) is 1.53. The molecule has 0 saturated carbocycles. The number of carbonyl (C=O) groups is 1. The van der Waals surface area contributed by atoms with Crippen LogP contribution in [0.5, 0.6) is 5.75 Å². The lowest BCUT2D eigenvalue weighted by molar-refractivity contribution is 0.0435. The van der Waals surface area contributed by atoms with Crippen LogP contribution in [0.1, 0.15) is 39.8 Å². The number of hydrogen-bond acceptors (Lipinski definition) is 7. The molecule has 4 aromatic rings. The van der Waals surface area contributed by atoms with Crippen molar-refractivity contribution in [3.05, 3.63) is 70.3 Å². The number of hydrogen-bond donors (Lipinski definition) is 0. The van der Waals surface area contributed by atoms with Gasteiger partial charge in [0.25, 0.3) is 11.8 Å². The predicted molar refractivity (Wildman–Crippen MR) is 121 cm³/mol. The van der Waals surface area contributed by atoms with Crippen LogP contribution in [-0.2, 0) is 0 Å². The average molecular weight is 465 g/mol. The maximum Gasteiger partial charge on any atom is 0.261 e. The smallest absolute Gasteiger partial charge is 0.261 e. The Kier molecular flexibility index (Phi) is 5.33. The molecule has 0 aliphatic carbocycles. The fourth-order valence-corrected chi connectivity index (χ4v) is 4.15. The van der Waals surface area contributed by atoms with E-state index in [0.717, 1.165) is 17.5 Å². The van der Waals surface area contributed by atoms with Crippen LogP contribution in [0, 0.1) is 13.8 Å². The van der Waals surface area contributed by atoms with Crippen LogP contribution in [0.4, 0.5) is 0 Å². The van der Waals surface area contributed by atoms with Crippen molar-refractivity contribution >= 4 is 17.5 Å². The Balaban J connectivity index is 1.46. The number of para-hydroxylation sites is 1. The summed E-state index contributed by atoms with van der Waals surface area (Å²) in [5, 5.41) is 13.0. The van der Waals surface area contributed by atoms with Crippen LogP contribution in [0.25, 0.3) is 17.1 Å². The van der Waals surface area contributed by atoms with E-state index in [2.05, 4.69) is 20.3 Å². The first-order valence-corrected chi connectivity index (χ1v) is 10.8. The van der Waals surface area contributed by atoms with Gasteiger partial charge in [0.15, 0.2) is 5.82 Å². The molecule has 2 aromatic carbocycles. The third-order valence-electron chi connectivity index (χ3n) is 5.90. The zero-order valence-electron chi connectivity index (χ0n) is 18.3. The van der Waals surface area contributed by atoms with Crippen molar-refractivity contribution < 1.29 is 14.1 Å². The van der Waals surface area contributed by atoms with Gasteiger partial charge in [0.2, 0.25) is 0 Å². The third kappa shape index (κ3) is 3.64. The summed E-state index contributed by atoms with van der Waals surface area (Å²) in [5.41, 5.74) is 3.83. The van der Waals surface area contributed by atoms with Gasteiger partial charge in [-0.3, -0.25) is 4.79 Å². The number of nitrogens with zero attached hydrogens (tertiary/aromatic N) is 6. The van der Waals surface area contributed by atoms with Crippen molar-refractivity contribution in [2.45, 2.75) is 26.3 Å². The highest BCUT2D eigenvalue weighted by molar-refractivity contribution is 6.32. The van der Waals surface area contributed by atoms with E-state index in [0.29, 0.717) is 40.0 Å². The second-order valence-electron chi connectivity index (χ2n) is 7.85. The average Bonchev–Trinajstić information content (AvgIpc) is 3.47. The van der Waals surface area contributed by atoms with Crippen LogP contribution in [0.2, 0.25) is 5.02 Å². The number of halogens is 1. The molecule has 1 fully saturated rings. The molecule has 2 aromatic heterocycles. The molecule has 3 heterocycles. The van der Waals surface area contributed by atoms with E-state index in [1.54, 1.807) is 35.5 Å². The first kappa shape index (κ1) is 21.1. The van der Waals surface area contributed by atoms with Gasteiger partial charge in [0.05, 0.1) is 47.4 Å². The second kappa shape index (κ2) is 8.32. The van der Waals surface area contributed by atoms with E-state index in [-0.39, 0.29) is 17.8 Å². The topological polar surface area (TPSA) is 99.2 Å². The molecule has 5 rings (SSSR count). The number of ether oxygens (including phenoxy) is 1. The van der Waals surface area contributed by atoms with Gasteiger partial charge in [0, 0.05) is 6.54 Å². The molecule has 33 heavy (non-hydrogen) atoms. The molecule has 1 atom stereocenters. The molecule has 1 saturated heterocycles. The standard InChI is InChI=1S/C23H21ClN6O3/c1-13-11-16(19(12-14(13)2)30-25-8-9-26-30)23(31)29-10-7-18(29)21-27-22(33-28-21)15-5-4-6-17(24)20(15)32-3/h4-6,8-9,11-12,18H,7,10H2,1-3H3. The summed E-state index contributed by atoms with van der Waals surface area (Å²) in [4.78, 5) is 21.3. The van der Waals surface area contributed by atoms with Crippen LogP contribution in [0.15, 0.2) is 47.2 Å². The fraction of sp³-hybridized carbons (Fsp3) is 0.261. The number of rotatable bonds is 5. The molecular formula is C23H21ClN6O3. The molecule has 1 amide bonds. The minimum absolute atomic E-state index is 0.131. The van der Waals surface area contributed by atoms with Crippen LogP contribution in [0.3, 0.4) is 0 Å². The van der Waals surface area contributed by atoms with Gasteiger partial charge in [-0.05, 0) is 55.7 Å². The normalized spacial score (nSPS) is 15.4. The number of amides is 1. The molecule has 0 spiro atoms. The lowest BCUT2D eigenvalue weighted by Gasteiger charge is -2.39. The van der Waals surface area contributed by atoms with Crippen molar-refractivity contribution in [3.63, 3.8) is 0 Å². The van der Waals surface area contributed by atoms with Crippen molar-refractivity contribution in [1.29, 1.82) is 0 Å². The predicted octanol–water partition coefficient (Wildman–Crippen LogP) is 4.18. The molecule has 0 N–H and O–H groups in total. The summed E-state index contributed by atoms with van der Waals surface area (Å²) in [6.07, 6.45) is 3.90. The lowest BCUT2D eigenvalue weighted by atomic mass is 9.97. The van der Waals surface area contributed by atoms with Crippen LogP contribution < -0.4 is 4.74 Å². The monoisotopic (exact) mass is 464 g/mol. The van der Waals surface area contributed by atoms with Gasteiger partial charge in [-0.25, -0.2) is 0 Å². The molecular weight excluding hydrogens is 444 g/mol. The number of aromatic nitrogens is 5. The summed E-state index contributed by atoms with van der Waals surface area (Å²) >= 11 is 6.22. The lowest BCUT2D eigenvalue weighted by Crippen LogP contribution is -2.46. The van der Waals surface area contributed by atoms with Crippen LogP contribution >= 0.6 is 11.6 Å². The van der Waals surface area contributed by atoms with E-state index in [4.69, 9.17) is 20.9 Å². The highest BCUT2D eigenvalue weighted by atomic mass is 35.5. The molecule has 10 heteroatoms. The van der Waals surface area contributed by atoms with Gasteiger partial charge in [0.1, 0.15) is 5.75 Å². The van der Waals surface area contributed by atoms with E-state index >= 15 is 0 Å². The highest BCUT2D eigenvalue weighted by Gasteiger charge is 2.38. The second-order valence-corrected chi connectivity index (χ2v) is 8.26. The molecule has 1 unspecified atom stereocenters. The molecule has 0 bridgehead atoms. The molecule has 1 aliphatic heterocycles. The van der Waals surface area contributed by atoms with Gasteiger partial charge >= 0.3 is 0 Å². The Hall–Kier alpha value is -3.72. The quantitative estimate of drug-likeness (QED) is 0.436. The SMILES string of the molecule is COc1c(Cl)cccc1-c1nc(C2CCN2C(=O)c2cc(C)c(C)cc2-n2nccn2)no1. The van der Waals surface area contributed by atoms with E-state index in [9.17, 15) is 4.79 Å². The molecule has 9 nitrogen and oxygen atoms in total. The Morgan fingerprint density at radius 2 is 1.94 bits per heavy atom. The maximum absolute atomic E-state index is 13.5. The molecule has 1 aliphatic rings. The van der Waals surface area contributed by atoms with Gasteiger partial charge < -0.3 is 14.2 Å².